The third kappa shape index (κ3) is 6.96. The molecule has 0 radical (unpaired) electrons. The van der Waals surface area contributed by atoms with Gasteiger partial charge >= 0.3 is 0 Å². The third-order valence-corrected chi connectivity index (χ3v) is 6.34. The summed E-state index contributed by atoms with van der Waals surface area (Å²) in [7, 11) is -7.47. The molecule has 5 N–H and O–H groups in total. The molecule has 10 nitrogen and oxygen atoms in total. The minimum atomic E-state index is -3.90. The Morgan fingerprint density at radius 3 is 2.42 bits per heavy atom. The van der Waals surface area contributed by atoms with Gasteiger partial charge in [0, 0.05) is 11.4 Å². The topological polar surface area (TPSA) is 156 Å². The predicted octanol–water partition coefficient (Wildman–Crippen LogP) is 1.80. The van der Waals surface area contributed by atoms with E-state index in [4.69, 9.17) is 11.6 Å². The van der Waals surface area contributed by atoms with Crippen LogP contribution in [0.2, 0.25) is 0 Å². The summed E-state index contributed by atoms with van der Waals surface area (Å²) in [4.78, 5) is 7.79. The molecule has 0 amide bonds. The number of nitrogens with one attached hydrogen (secondary N) is 3. The summed E-state index contributed by atoms with van der Waals surface area (Å²) in [6.07, 6.45) is 6.00. The number of sulfonamides is 2. The van der Waals surface area contributed by atoms with E-state index in [-0.39, 0.29) is 29.0 Å². The first-order chi connectivity index (χ1) is 15.6. The highest BCUT2D eigenvalue weighted by Crippen LogP contribution is 2.22. The maximum atomic E-state index is 14.2. The Labute approximate surface area is 190 Å². The lowest BCUT2D eigenvalue weighted by atomic mass is 10.2. The molecule has 2 aromatic carbocycles. The highest BCUT2D eigenvalue weighted by molar-refractivity contribution is 7.89. The molecule has 0 aliphatic heterocycles. The summed E-state index contributed by atoms with van der Waals surface area (Å²) in [5, 5.41) is 10.7. The second-order valence-corrected chi connectivity index (χ2v) is 10.1. The zero-order valence-corrected chi connectivity index (χ0v) is 18.6. The molecular formula is C20H19FN6O4S2. The molecule has 3 aromatic rings. The van der Waals surface area contributed by atoms with Crippen molar-refractivity contribution >= 4 is 43.2 Å². The van der Waals surface area contributed by atoms with Gasteiger partial charge in [0.2, 0.25) is 26.0 Å². The van der Waals surface area contributed by atoms with Gasteiger partial charge in [0.15, 0.2) is 11.6 Å². The summed E-state index contributed by atoms with van der Waals surface area (Å²) < 4.78 is 63.3. The molecule has 0 aliphatic rings. The van der Waals surface area contributed by atoms with Gasteiger partial charge in [-0.3, -0.25) is 0 Å². The lowest BCUT2D eigenvalue weighted by molar-refractivity contribution is 0.585. The number of primary sulfonamides is 1. The highest BCUT2D eigenvalue weighted by Gasteiger charge is 2.12. The van der Waals surface area contributed by atoms with Crippen LogP contribution >= 0.6 is 0 Å². The predicted molar refractivity (Wildman–Crippen MR) is 122 cm³/mol. The molecular weight excluding hydrogens is 471 g/mol. The first kappa shape index (κ1) is 24.1. The molecule has 0 aliphatic carbocycles. The van der Waals surface area contributed by atoms with Crippen molar-refractivity contribution in [3.8, 4) is 12.3 Å². The molecule has 0 bridgehead atoms. The molecule has 13 heteroatoms. The van der Waals surface area contributed by atoms with E-state index in [2.05, 4.69) is 31.2 Å². The van der Waals surface area contributed by atoms with Gasteiger partial charge in [0.05, 0.1) is 23.4 Å². The number of nitrogens with zero attached hydrogens (tertiary/aromatic N) is 2. The largest absolute Gasteiger partial charge is 0.338 e. The van der Waals surface area contributed by atoms with Crippen LogP contribution in [0.25, 0.3) is 0 Å². The van der Waals surface area contributed by atoms with E-state index in [0.717, 1.165) is 6.20 Å². The van der Waals surface area contributed by atoms with Gasteiger partial charge in [-0.1, -0.05) is 24.1 Å². The maximum absolute atomic E-state index is 14.2. The van der Waals surface area contributed by atoms with Crippen molar-refractivity contribution in [2.75, 3.05) is 17.2 Å². The van der Waals surface area contributed by atoms with Crippen molar-refractivity contribution in [1.82, 2.24) is 14.7 Å². The van der Waals surface area contributed by atoms with E-state index in [1.807, 2.05) is 0 Å². The second-order valence-electron chi connectivity index (χ2n) is 6.69. The van der Waals surface area contributed by atoms with Crippen LogP contribution < -0.4 is 20.5 Å². The number of hydrogen-bond donors (Lipinski definition) is 4. The SMILES string of the molecule is C#CCNS(=O)(=O)Cc1ccc(Nc2nc(Nc3cccc(S(N)(=O)=O)c3)ncc2F)cc1. The summed E-state index contributed by atoms with van der Waals surface area (Å²) >= 11 is 0. The van der Waals surface area contributed by atoms with Gasteiger partial charge in [0.1, 0.15) is 0 Å². The molecule has 1 aromatic heterocycles. The van der Waals surface area contributed by atoms with Crippen LogP contribution in [-0.2, 0) is 25.8 Å². The molecule has 0 saturated heterocycles. The molecule has 1 heterocycles. The van der Waals surface area contributed by atoms with E-state index in [9.17, 15) is 21.2 Å². The molecule has 0 fully saturated rings. The molecule has 0 unspecified atom stereocenters. The normalized spacial score (nSPS) is 11.5. The van der Waals surface area contributed by atoms with Crippen LogP contribution in [-0.4, -0.2) is 33.3 Å². The van der Waals surface area contributed by atoms with Gasteiger partial charge in [-0.25, -0.2) is 36.1 Å². The number of terminal acetylenes is 1. The standard InChI is InChI=1S/C20H19FN6O4S2/c1-2-10-24-32(28,29)13-14-6-8-15(9-7-14)25-19-18(21)12-23-20(27-19)26-16-4-3-5-17(11-16)33(22,30)31/h1,3-9,11-12,24H,10,13H2,(H2,22,30,31)(H2,23,25,26,27). The third-order valence-electron chi connectivity index (χ3n) is 4.13. The average molecular weight is 491 g/mol. The Kier molecular flexibility index (Phi) is 7.24. The summed E-state index contributed by atoms with van der Waals surface area (Å²) in [6, 6.07) is 11.9. The van der Waals surface area contributed by atoms with Crippen molar-refractivity contribution in [2.45, 2.75) is 10.6 Å². The fraction of sp³-hybridized carbons (Fsp3) is 0.100. The first-order valence-electron chi connectivity index (χ1n) is 9.25. The smallest absolute Gasteiger partial charge is 0.238 e. The Morgan fingerprint density at radius 1 is 1.03 bits per heavy atom. The van der Waals surface area contributed by atoms with Crippen LogP contribution in [0.4, 0.5) is 27.5 Å². The maximum Gasteiger partial charge on any atom is 0.238 e. The van der Waals surface area contributed by atoms with Crippen molar-refractivity contribution in [1.29, 1.82) is 0 Å². The summed E-state index contributed by atoms with van der Waals surface area (Å²) in [5.74, 6) is 1.06. The lowest BCUT2D eigenvalue weighted by Gasteiger charge is -2.11. The van der Waals surface area contributed by atoms with Crippen LogP contribution in [0.5, 0.6) is 0 Å². The van der Waals surface area contributed by atoms with E-state index in [1.54, 1.807) is 30.3 Å². The van der Waals surface area contributed by atoms with Gasteiger partial charge in [0.25, 0.3) is 0 Å². The summed E-state index contributed by atoms with van der Waals surface area (Å²) in [6.45, 7) is -0.0995. The molecule has 0 atom stereocenters. The van der Waals surface area contributed by atoms with Gasteiger partial charge in [-0.15, -0.1) is 6.42 Å². The number of benzene rings is 2. The Morgan fingerprint density at radius 2 is 1.76 bits per heavy atom. The number of anilines is 4. The second kappa shape index (κ2) is 9.92. The van der Waals surface area contributed by atoms with E-state index >= 15 is 0 Å². The fourth-order valence-electron chi connectivity index (χ4n) is 2.64. The zero-order valence-electron chi connectivity index (χ0n) is 17.0. The Bertz CT molecular complexity index is 1410. The minimum Gasteiger partial charge on any atom is -0.338 e. The van der Waals surface area contributed by atoms with Crippen LogP contribution in [0.3, 0.4) is 0 Å². The Balaban J connectivity index is 1.74. The van der Waals surface area contributed by atoms with E-state index < -0.39 is 25.9 Å². The molecule has 33 heavy (non-hydrogen) atoms. The number of hydrogen-bond acceptors (Lipinski definition) is 8. The molecule has 3 rings (SSSR count). The van der Waals surface area contributed by atoms with Crippen LogP contribution in [0, 0.1) is 18.2 Å². The van der Waals surface area contributed by atoms with Crippen molar-refractivity contribution in [3.05, 3.63) is 66.1 Å². The molecule has 172 valence electrons. The summed E-state index contributed by atoms with van der Waals surface area (Å²) in [5.41, 5.74) is 1.29. The number of nitrogens with two attached hydrogens (primary N) is 1. The van der Waals surface area contributed by atoms with Crippen molar-refractivity contribution in [2.24, 2.45) is 5.14 Å². The number of halogens is 1. The van der Waals surface area contributed by atoms with Crippen molar-refractivity contribution < 1.29 is 21.2 Å². The minimum absolute atomic E-state index is 0.00719. The van der Waals surface area contributed by atoms with Gasteiger partial charge in [-0.2, -0.15) is 4.98 Å². The van der Waals surface area contributed by atoms with Gasteiger partial charge in [-0.05, 0) is 35.9 Å². The fourth-order valence-corrected chi connectivity index (χ4v) is 4.23. The average Bonchev–Trinajstić information content (AvgIpc) is 2.75. The zero-order chi connectivity index (χ0) is 24.1. The quantitative estimate of drug-likeness (QED) is 0.331. The van der Waals surface area contributed by atoms with E-state index in [0.29, 0.717) is 16.9 Å². The van der Waals surface area contributed by atoms with Crippen LogP contribution in [0.1, 0.15) is 5.56 Å². The highest BCUT2D eigenvalue weighted by atomic mass is 32.2. The van der Waals surface area contributed by atoms with Gasteiger partial charge < -0.3 is 10.6 Å². The molecule has 0 saturated carbocycles. The number of rotatable bonds is 9. The van der Waals surface area contributed by atoms with E-state index in [1.165, 1.54) is 18.2 Å². The number of aromatic nitrogens is 2. The monoisotopic (exact) mass is 490 g/mol. The first-order valence-corrected chi connectivity index (χ1v) is 12.4. The molecule has 0 spiro atoms. The lowest BCUT2D eigenvalue weighted by Crippen LogP contribution is -2.25. The Hall–Kier alpha value is -3.57. The van der Waals surface area contributed by atoms with Crippen LogP contribution in [0.15, 0.2) is 59.6 Å². The van der Waals surface area contributed by atoms with Crippen molar-refractivity contribution in [3.63, 3.8) is 0 Å².